The van der Waals surface area contributed by atoms with Crippen LogP contribution in [0.4, 0.5) is 14.5 Å². The van der Waals surface area contributed by atoms with Crippen LogP contribution in [0.25, 0.3) is 0 Å². The van der Waals surface area contributed by atoms with Crippen molar-refractivity contribution in [2.75, 3.05) is 5.73 Å². The molecule has 6 heteroatoms. The molecule has 0 aliphatic carbocycles. The molecule has 2 rings (SSSR count). The Bertz CT molecular complexity index is 681. The molecule has 3 nitrogen and oxygen atoms in total. The molecule has 2 N–H and O–H groups in total. The van der Waals surface area contributed by atoms with Crippen LogP contribution in [-0.4, -0.2) is 5.97 Å². The second-order valence-corrected chi connectivity index (χ2v) is 4.92. The number of hydrogen-bond donors (Lipinski definition) is 1. The molecule has 2 aromatic rings. The Morgan fingerprint density at radius 1 is 1.24 bits per heavy atom. The quantitative estimate of drug-likeness (QED) is 0.691. The smallest absolute Gasteiger partial charge is 0.338 e. The molecule has 0 radical (unpaired) electrons. The minimum absolute atomic E-state index is 0.0296. The lowest BCUT2D eigenvalue weighted by molar-refractivity contribution is 0.0468. The standard InChI is InChI=1S/C15H12ClF2NO2/c1-8-13(18)5-9(6-14(8)19)15(20)21-7-10-4-11(16)2-3-12(10)17/h2-6H,7,19H2,1H3. The summed E-state index contributed by atoms with van der Waals surface area (Å²) in [5.74, 6) is -1.93. The molecule has 0 saturated carbocycles. The number of anilines is 1. The van der Waals surface area contributed by atoms with Gasteiger partial charge in [0.15, 0.2) is 0 Å². The third kappa shape index (κ3) is 3.49. The van der Waals surface area contributed by atoms with Crippen molar-refractivity contribution >= 4 is 23.3 Å². The van der Waals surface area contributed by atoms with Gasteiger partial charge in [0.05, 0.1) is 5.56 Å². The molecule has 2 aromatic carbocycles. The van der Waals surface area contributed by atoms with E-state index in [1.807, 2.05) is 0 Å². The summed E-state index contributed by atoms with van der Waals surface area (Å²) in [4.78, 5) is 11.8. The fraction of sp³-hybridized carbons (Fsp3) is 0.133. The highest BCUT2D eigenvalue weighted by Gasteiger charge is 2.13. The Morgan fingerprint density at radius 3 is 2.62 bits per heavy atom. The van der Waals surface area contributed by atoms with E-state index in [1.165, 1.54) is 31.2 Å². The van der Waals surface area contributed by atoms with Crippen molar-refractivity contribution < 1.29 is 18.3 Å². The molecule has 0 unspecified atom stereocenters. The number of esters is 1. The molecule has 0 spiro atoms. The SMILES string of the molecule is Cc1c(N)cc(C(=O)OCc2cc(Cl)ccc2F)cc1F. The van der Waals surface area contributed by atoms with E-state index in [2.05, 4.69) is 0 Å². The highest BCUT2D eigenvalue weighted by molar-refractivity contribution is 6.30. The normalized spacial score (nSPS) is 10.5. The van der Waals surface area contributed by atoms with Crippen LogP contribution in [-0.2, 0) is 11.3 Å². The number of hydrogen-bond acceptors (Lipinski definition) is 3. The molecule has 0 aliphatic rings. The van der Waals surface area contributed by atoms with Gasteiger partial charge in [-0.15, -0.1) is 0 Å². The Morgan fingerprint density at radius 2 is 1.95 bits per heavy atom. The van der Waals surface area contributed by atoms with Gasteiger partial charge >= 0.3 is 5.97 Å². The van der Waals surface area contributed by atoms with Crippen LogP contribution in [0.3, 0.4) is 0 Å². The van der Waals surface area contributed by atoms with E-state index >= 15 is 0 Å². The maximum atomic E-state index is 13.5. The van der Waals surface area contributed by atoms with Crippen molar-refractivity contribution in [2.24, 2.45) is 0 Å². The van der Waals surface area contributed by atoms with E-state index in [9.17, 15) is 13.6 Å². The first-order chi connectivity index (χ1) is 9.88. The topological polar surface area (TPSA) is 52.3 Å². The van der Waals surface area contributed by atoms with Crippen molar-refractivity contribution in [1.29, 1.82) is 0 Å². The maximum Gasteiger partial charge on any atom is 0.338 e. The number of nitrogen functional groups attached to an aromatic ring is 1. The predicted molar refractivity (Wildman–Crippen MR) is 76.1 cm³/mol. The summed E-state index contributed by atoms with van der Waals surface area (Å²) >= 11 is 5.73. The van der Waals surface area contributed by atoms with E-state index in [-0.39, 0.29) is 29.0 Å². The second kappa shape index (κ2) is 6.10. The van der Waals surface area contributed by atoms with Crippen molar-refractivity contribution in [3.8, 4) is 0 Å². The molecule has 0 amide bonds. The third-order valence-corrected chi connectivity index (χ3v) is 3.22. The van der Waals surface area contributed by atoms with Crippen molar-refractivity contribution in [2.45, 2.75) is 13.5 Å². The van der Waals surface area contributed by atoms with Crippen LogP contribution in [0, 0.1) is 18.6 Å². The summed E-state index contributed by atoms with van der Waals surface area (Å²) in [5.41, 5.74) is 6.10. The summed E-state index contributed by atoms with van der Waals surface area (Å²) in [7, 11) is 0. The first-order valence-electron chi connectivity index (χ1n) is 6.05. The zero-order chi connectivity index (χ0) is 15.6. The number of carbonyl (C=O) groups is 1. The van der Waals surface area contributed by atoms with Crippen LogP contribution in [0.2, 0.25) is 5.02 Å². The average Bonchev–Trinajstić information content (AvgIpc) is 2.44. The zero-order valence-electron chi connectivity index (χ0n) is 11.1. The predicted octanol–water partition coefficient (Wildman–Crippen LogP) is 3.87. The fourth-order valence-corrected chi connectivity index (χ4v) is 1.89. The van der Waals surface area contributed by atoms with E-state index in [0.29, 0.717) is 5.02 Å². The monoisotopic (exact) mass is 311 g/mol. The second-order valence-electron chi connectivity index (χ2n) is 4.48. The Kier molecular flexibility index (Phi) is 4.43. The average molecular weight is 312 g/mol. The van der Waals surface area contributed by atoms with Gasteiger partial charge in [-0.3, -0.25) is 0 Å². The van der Waals surface area contributed by atoms with Gasteiger partial charge in [0.2, 0.25) is 0 Å². The van der Waals surface area contributed by atoms with Crippen LogP contribution >= 0.6 is 11.6 Å². The summed E-state index contributed by atoms with van der Waals surface area (Å²) in [6, 6.07) is 6.26. The number of ether oxygens (including phenoxy) is 1. The van der Waals surface area contributed by atoms with Crippen molar-refractivity contribution in [3.05, 3.63) is 63.7 Å². The molecule has 0 atom stereocenters. The Labute approximate surface area is 125 Å². The third-order valence-electron chi connectivity index (χ3n) is 2.99. The minimum Gasteiger partial charge on any atom is -0.457 e. The van der Waals surface area contributed by atoms with Gasteiger partial charge in [-0.05, 0) is 37.3 Å². The lowest BCUT2D eigenvalue weighted by atomic mass is 10.1. The lowest BCUT2D eigenvalue weighted by Gasteiger charge is -2.08. The first-order valence-corrected chi connectivity index (χ1v) is 6.43. The van der Waals surface area contributed by atoms with Gasteiger partial charge in [0.25, 0.3) is 0 Å². The van der Waals surface area contributed by atoms with Gasteiger partial charge in [-0.1, -0.05) is 11.6 Å². The van der Waals surface area contributed by atoms with Crippen molar-refractivity contribution in [1.82, 2.24) is 0 Å². The number of benzene rings is 2. The number of halogens is 3. The van der Waals surface area contributed by atoms with E-state index < -0.39 is 17.6 Å². The van der Waals surface area contributed by atoms with Crippen LogP contribution in [0.5, 0.6) is 0 Å². The number of carbonyl (C=O) groups excluding carboxylic acids is 1. The Balaban J connectivity index is 2.13. The molecule has 0 fully saturated rings. The molecule has 21 heavy (non-hydrogen) atoms. The van der Waals surface area contributed by atoms with E-state index in [1.54, 1.807) is 0 Å². The molecule has 0 bridgehead atoms. The molecular weight excluding hydrogens is 300 g/mol. The van der Waals surface area contributed by atoms with E-state index in [0.717, 1.165) is 6.07 Å². The van der Waals surface area contributed by atoms with Crippen LogP contribution in [0.15, 0.2) is 30.3 Å². The molecule has 0 aliphatic heterocycles. The summed E-state index contributed by atoms with van der Waals surface area (Å²) in [5, 5.41) is 0.327. The zero-order valence-corrected chi connectivity index (χ0v) is 11.9. The lowest BCUT2D eigenvalue weighted by Crippen LogP contribution is -2.08. The van der Waals surface area contributed by atoms with E-state index in [4.69, 9.17) is 22.1 Å². The molecule has 110 valence electrons. The van der Waals surface area contributed by atoms with Gasteiger partial charge < -0.3 is 10.5 Å². The summed E-state index contributed by atoms with van der Waals surface area (Å²) in [6.45, 7) is 1.20. The molecule has 0 aromatic heterocycles. The Hall–Kier alpha value is -2.14. The van der Waals surface area contributed by atoms with Crippen LogP contribution < -0.4 is 5.73 Å². The van der Waals surface area contributed by atoms with Gasteiger partial charge in [0.1, 0.15) is 18.2 Å². The molecular formula is C15H12ClF2NO2. The van der Waals surface area contributed by atoms with Gasteiger partial charge in [-0.2, -0.15) is 0 Å². The summed E-state index contributed by atoms with van der Waals surface area (Å²) in [6.07, 6.45) is 0. The maximum absolute atomic E-state index is 13.5. The highest BCUT2D eigenvalue weighted by atomic mass is 35.5. The van der Waals surface area contributed by atoms with Gasteiger partial charge in [-0.25, -0.2) is 13.6 Å². The minimum atomic E-state index is -0.792. The molecule has 0 saturated heterocycles. The van der Waals surface area contributed by atoms with Crippen LogP contribution in [0.1, 0.15) is 21.5 Å². The number of nitrogens with two attached hydrogens (primary N) is 1. The fourth-order valence-electron chi connectivity index (χ4n) is 1.70. The van der Waals surface area contributed by atoms with Gasteiger partial charge in [0, 0.05) is 21.8 Å². The van der Waals surface area contributed by atoms with Crippen molar-refractivity contribution in [3.63, 3.8) is 0 Å². The summed E-state index contributed by atoms with van der Waals surface area (Å²) < 4.78 is 31.9. The molecule has 0 heterocycles. The largest absolute Gasteiger partial charge is 0.457 e. The first kappa shape index (κ1) is 15.3. The highest BCUT2D eigenvalue weighted by Crippen LogP contribution is 2.20. The number of rotatable bonds is 3.